The molecule has 3 aromatic heterocycles. The van der Waals surface area contributed by atoms with Crippen molar-refractivity contribution in [1.29, 1.82) is 0 Å². The third kappa shape index (κ3) is 3.69. The van der Waals surface area contributed by atoms with Gasteiger partial charge in [-0.05, 0) is 76.3 Å². The van der Waals surface area contributed by atoms with Gasteiger partial charge in [0.05, 0.1) is 22.8 Å². The monoisotopic (exact) mass is 527 g/mol. The van der Waals surface area contributed by atoms with Crippen LogP contribution >= 0.6 is 0 Å². The van der Waals surface area contributed by atoms with Crippen LogP contribution in [-0.4, -0.2) is 14.5 Å². The third-order valence-corrected chi connectivity index (χ3v) is 8.02. The molecule has 0 N–H and O–H groups in total. The van der Waals surface area contributed by atoms with Crippen LogP contribution < -0.4 is 4.74 Å². The SMILES string of the molecule is c1ccc(C2(c3cccc(Oc4ccn(-c5ccc6ccccc6n5)c4)c3)c3ccccc3-c3ccccc32)nc1. The molecule has 4 heteroatoms. The van der Waals surface area contributed by atoms with Gasteiger partial charge < -0.3 is 9.30 Å². The van der Waals surface area contributed by atoms with Crippen LogP contribution in [0.25, 0.3) is 27.8 Å². The van der Waals surface area contributed by atoms with Crippen molar-refractivity contribution in [2.75, 3.05) is 0 Å². The molecule has 41 heavy (non-hydrogen) atoms. The second kappa shape index (κ2) is 9.32. The average molecular weight is 528 g/mol. The van der Waals surface area contributed by atoms with Gasteiger partial charge in [0, 0.05) is 17.8 Å². The predicted octanol–water partition coefficient (Wildman–Crippen LogP) is 8.58. The predicted molar refractivity (Wildman–Crippen MR) is 163 cm³/mol. The van der Waals surface area contributed by atoms with E-state index in [4.69, 9.17) is 14.7 Å². The molecule has 8 rings (SSSR count). The number of pyridine rings is 2. The van der Waals surface area contributed by atoms with Crippen LogP contribution in [0.5, 0.6) is 11.5 Å². The van der Waals surface area contributed by atoms with Crippen LogP contribution in [-0.2, 0) is 5.41 Å². The lowest BCUT2D eigenvalue weighted by atomic mass is 9.70. The van der Waals surface area contributed by atoms with Gasteiger partial charge in [0.2, 0.25) is 0 Å². The summed E-state index contributed by atoms with van der Waals surface area (Å²) in [7, 11) is 0. The third-order valence-electron chi connectivity index (χ3n) is 8.02. The topological polar surface area (TPSA) is 39.9 Å². The maximum absolute atomic E-state index is 6.46. The van der Waals surface area contributed by atoms with E-state index in [0.29, 0.717) is 0 Å². The lowest BCUT2D eigenvalue weighted by Crippen LogP contribution is -2.29. The first-order chi connectivity index (χ1) is 20.3. The van der Waals surface area contributed by atoms with Crippen LogP contribution in [0.15, 0.2) is 152 Å². The van der Waals surface area contributed by atoms with Crippen LogP contribution in [0.2, 0.25) is 0 Å². The molecule has 0 radical (unpaired) electrons. The Bertz CT molecular complexity index is 2000. The van der Waals surface area contributed by atoms with Crippen molar-refractivity contribution in [2.24, 2.45) is 0 Å². The van der Waals surface area contributed by atoms with E-state index in [1.807, 2.05) is 65.6 Å². The van der Waals surface area contributed by atoms with Gasteiger partial charge >= 0.3 is 0 Å². The number of benzene rings is 4. The molecule has 0 saturated carbocycles. The van der Waals surface area contributed by atoms with E-state index in [0.717, 1.165) is 39.5 Å². The standard InChI is InChI=1S/C37H25N3O/c1-6-17-34-26(10-1)19-20-36(39-34)40-23-21-29(25-40)41-28-12-9-11-27(24-28)37(35-18-7-8-22-38-35)32-15-4-2-13-30(32)31-14-3-5-16-33(31)37/h1-25H. The Kier molecular flexibility index (Phi) is 5.32. The van der Waals surface area contributed by atoms with Gasteiger partial charge in [-0.2, -0.15) is 0 Å². The number of hydrogen-bond acceptors (Lipinski definition) is 3. The van der Waals surface area contributed by atoms with E-state index in [2.05, 4.69) is 91.0 Å². The molecule has 0 atom stereocenters. The van der Waals surface area contributed by atoms with Gasteiger partial charge in [0.15, 0.2) is 0 Å². The first-order valence-corrected chi connectivity index (χ1v) is 13.7. The van der Waals surface area contributed by atoms with Gasteiger partial charge in [0.25, 0.3) is 0 Å². The van der Waals surface area contributed by atoms with E-state index in [-0.39, 0.29) is 0 Å². The lowest BCUT2D eigenvalue weighted by Gasteiger charge is -2.32. The van der Waals surface area contributed by atoms with E-state index in [1.165, 1.54) is 22.3 Å². The molecule has 0 bridgehead atoms. The molecule has 1 aliphatic carbocycles. The smallest absolute Gasteiger partial charge is 0.145 e. The Labute approximate surface area is 238 Å². The highest BCUT2D eigenvalue weighted by Crippen LogP contribution is 2.55. The molecule has 1 aliphatic rings. The Morgan fingerprint density at radius 1 is 0.610 bits per heavy atom. The Hall–Kier alpha value is -5.48. The molecular formula is C37H25N3O. The molecule has 0 unspecified atom stereocenters. The fourth-order valence-corrected chi connectivity index (χ4v) is 6.26. The fraction of sp³-hybridized carbons (Fsp3) is 0.0270. The molecule has 0 fully saturated rings. The maximum Gasteiger partial charge on any atom is 0.145 e. The van der Waals surface area contributed by atoms with Gasteiger partial charge in [-0.1, -0.05) is 84.9 Å². The number of rotatable bonds is 5. The van der Waals surface area contributed by atoms with Crippen molar-refractivity contribution in [1.82, 2.24) is 14.5 Å². The fourth-order valence-electron chi connectivity index (χ4n) is 6.26. The summed E-state index contributed by atoms with van der Waals surface area (Å²) >= 11 is 0. The van der Waals surface area contributed by atoms with Crippen molar-refractivity contribution < 1.29 is 4.74 Å². The normalized spacial score (nSPS) is 13.1. The second-order valence-corrected chi connectivity index (χ2v) is 10.3. The molecule has 7 aromatic rings. The highest BCUT2D eigenvalue weighted by molar-refractivity contribution is 5.86. The van der Waals surface area contributed by atoms with Crippen LogP contribution in [0.4, 0.5) is 0 Å². The maximum atomic E-state index is 6.46. The van der Waals surface area contributed by atoms with Gasteiger partial charge in [-0.15, -0.1) is 0 Å². The summed E-state index contributed by atoms with van der Waals surface area (Å²) in [5, 5.41) is 1.12. The van der Waals surface area contributed by atoms with Crippen LogP contribution in [0.1, 0.15) is 22.4 Å². The van der Waals surface area contributed by atoms with Gasteiger partial charge in [-0.25, -0.2) is 4.98 Å². The molecule has 0 amide bonds. The molecule has 0 aliphatic heterocycles. The first-order valence-electron chi connectivity index (χ1n) is 13.7. The van der Waals surface area contributed by atoms with Crippen molar-refractivity contribution in [3.8, 4) is 28.4 Å². The lowest BCUT2D eigenvalue weighted by molar-refractivity contribution is 0.481. The summed E-state index contributed by atoms with van der Waals surface area (Å²) in [5.41, 5.74) is 7.43. The number of fused-ring (bicyclic) bond motifs is 4. The summed E-state index contributed by atoms with van der Waals surface area (Å²) in [4.78, 5) is 9.75. The minimum atomic E-state index is -0.561. The number of hydrogen-bond donors (Lipinski definition) is 0. The zero-order valence-corrected chi connectivity index (χ0v) is 22.2. The highest BCUT2D eigenvalue weighted by Gasteiger charge is 2.47. The summed E-state index contributed by atoms with van der Waals surface area (Å²) in [6.45, 7) is 0. The van der Waals surface area contributed by atoms with Crippen molar-refractivity contribution in [2.45, 2.75) is 5.41 Å². The zero-order chi connectivity index (χ0) is 27.2. The molecule has 0 spiro atoms. The Morgan fingerprint density at radius 3 is 2.17 bits per heavy atom. The minimum Gasteiger partial charge on any atom is -0.456 e. The van der Waals surface area contributed by atoms with Crippen LogP contribution in [0, 0.1) is 0 Å². The zero-order valence-electron chi connectivity index (χ0n) is 22.2. The summed E-state index contributed by atoms with van der Waals surface area (Å²) in [6.07, 6.45) is 5.83. The number of nitrogens with zero attached hydrogens (tertiary/aromatic N) is 3. The molecular weight excluding hydrogens is 502 g/mol. The number of aromatic nitrogens is 3. The quantitative estimate of drug-likeness (QED) is 0.225. The molecule has 4 nitrogen and oxygen atoms in total. The molecule has 194 valence electrons. The summed E-state index contributed by atoms with van der Waals surface area (Å²) < 4.78 is 8.45. The second-order valence-electron chi connectivity index (χ2n) is 10.3. The van der Waals surface area contributed by atoms with E-state index in [9.17, 15) is 0 Å². The average Bonchev–Trinajstić information content (AvgIpc) is 3.63. The Morgan fingerprint density at radius 2 is 1.37 bits per heavy atom. The Balaban J connectivity index is 1.22. The van der Waals surface area contributed by atoms with E-state index >= 15 is 0 Å². The van der Waals surface area contributed by atoms with Crippen LogP contribution in [0.3, 0.4) is 0 Å². The van der Waals surface area contributed by atoms with E-state index in [1.54, 1.807) is 0 Å². The number of para-hydroxylation sites is 1. The molecule has 0 saturated heterocycles. The minimum absolute atomic E-state index is 0.561. The molecule has 3 heterocycles. The van der Waals surface area contributed by atoms with Gasteiger partial charge in [-0.3, -0.25) is 4.98 Å². The number of ether oxygens (including phenoxy) is 1. The summed E-state index contributed by atoms with van der Waals surface area (Å²) in [6, 6.07) is 46.1. The highest BCUT2D eigenvalue weighted by atomic mass is 16.5. The van der Waals surface area contributed by atoms with Gasteiger partial charge in [0.1, 0.15) is 17.3 Å². The first kappa shape index (κ1) is 23.4. The summed E-state index contributed by atoms with van der Waals surface area (Å²) in [5.74, 6) is 2.36. The largest absolute Gasteiger partial charge is 0.456 e. The molecule has 4 aromatic carbocycles. The van der Waals surface area contributed by atoms with Crippen molar-refractivity contribution in [3.05, 3.63) is 174 Å². The van der Waals surface area contributed by atoms with Crippen molar-refractivity contribution >= 4 is 10.9 Å². The van der Waals surface area contributed by atoms with E-state index < -0.39 is 5.41 Å². The van der Waals surface area contributed by atoms with Crippen molar-refractivity contribution in [3.63, 3.8) is 0 Å².